The molecule has 1 N–H and O–H groups in total. The zero-order valence-corrected chi connectivity index (χ0v) is 12.6. The third-order valence-electron chi connectivity index (χ3n) is 3.37. The van der Waals surface area contributed by atoms with Crippen molar-refractivity contribution in [3.8, 4) is 6.07 Å². The van der Waals surface area contributed by atoms with Crippen LogP contribution >= 0.6 is 11.6 Å². The van der Waals surface area contributed by atoms with Gasteiger partial charge in [0.1, 0.15) is 6.07 Å². The molecule has 0 saturated heterocycles. The summed E-state index contributed by atoms with van der Waals surface area (Å²) in [5.41, 5.74) is 5.09. The van der Waals surface area contributed by atoms with E-state index in [2.05, 4.69) is 50.4 Å². The van der Waals surface area contributed by atoms with E-state index < -0.39 is 0 Å². The Morgan fingerprint density at radius 2 is 1.90 bits per heavy atom. The highest BCUT2D eigenvalue weighted by molar-refractivity contribution is 6.30. The third kappa shape index (κ3) is 3.12. The summed E-state index contributed by atoms with van der Waals surface area (Å²) in [5, 5.41) is 13.1. The Labute approximate surface area is 125 Å². The zero-order chi connectivity index (χ0) is 14.7. The quantitative estimate of drug-likeness (QED) is 0.861. The Morgan fingerprint density at radius 1 is 1.15 bits per heavy atom. The molecule has 0 saturated carbocycles. The monoisotopic (exact) mass is 284 g/mol. The molecule has 1 atom stereocenters. The molecular weight excluding hydrogens is 268 g/mol. The summed E-state index contributed by atoms with van der Waals surface area (Å²) in [4.78, 5) is 0. The van der Waals surface area contributed by atoms with Gasteiger partial charge in [-0.3, -0.25) is 0 Å². The molecule has 2 nitrogen and oxygen atoms in total. The lowest BCUT2D eigenvalue weighted by Crippen LogP contribution is -2.09. The normalized spacial score (nSPS) is 11.8. The standard InChI is InChI=1S/C17H17ClN2/c1-11-4-7-16(12(2)8-11)13(3)20-17-9-15(18)6-5-14(17)10-19/h4-9,13,20H,1-3H3. The SMILES string of the molecule is Cc1ccc(C(C)Nc2cc(Cl)ccc2C#N)c(C)c1. The van der Waals surface area contributed by atoms with Gasteiger partial charge in [-0.1, -0.05) is 35.4 Å². The minimum absolute atomic E-state index is 0.112. The first-order chi connectivity index (χ1) is 9.51. The average Bonchev–Trinajstić information content (AvgIpc) is 2.38. The third-order valence-corrected chi connectivity index (χ3v) is 3.60. The van der Waals surface area contributed by atoms with Crippen LogP contribution in [0, 0.1) is 25.2 Å². The first-order valence-electron chi connectivity index (χ1n) is 6.54. The summed E-state index contributed by atoms with van der Waals surface area (Å²) in [6.07, 6.45) is 0. The van der Waals surface area contributed by atoms with Crippen molar-refractivity contribution in [3.63, 3.8) is 0 Å². The van der Waals surface area contributed by atoms with Crippen molar-refractivity contribution >= 4 is 17.3 Å². The molecule has 0 aliphatic carbocycles. The van der Waals surface area contributed by atoms with Gasteiger partial charge in [-0.25, -0.2) is 0 Å². The van der Waals surface area contributed by atoms with Gasteiger partial charge in [0.25, 0.3) is 0 Å². The number of halogens is 1. The summed E-state index contributed by atoms with van der Waals surface area (Å²) in [7, 11) is 0. The van der Waals surface area contributed by atoms with Crippen LogP contribution < -0.4 is 5.32 Å². The van der Waals surface area contributed by atoms with Crippen molar-refractivity contribution in [1.82, 2.24) is 0 Å². The molecule has 0 amide bonds. The van der Waals surface area contributed by atoms with E-state index in [1.165, 1.54) is 16.7 Å². The fourth-order valence-electron chi connectivity index (χ4n) is 2.36. The van der Waals surface area contributed by atoms with E-state index in [1.807, 2.05) is 0 Å². The maximum absolute atomic E-state index is 9.15. The summed E-state index contributed by atoms with van der Waals surface area (Å²) in [6.45, 7) is 6.27. The molecular formula is C17H17ClN2. The lowest BCUT2D eigenvalue weighted by atomic mass is 10.00. The van der Waals surface area contributed by atoms with Gasteiger partial charge in [0.05, 0.1) is 11.3 Å². The molecule has 0 aromatic heterocycles. The predicted octanol–water partition coefficient (Wildman–Crippen LogP) is 5.00. The number of nitriles is 1. The van der Waals surface area contributed by atoms with Crippen LogP contribution in [0.15, 0.2) is 36.4 Å². The Morgan fingerprint density at radius 3 is 2.55 bits per heavy atom. The van der Waals surface area contributed by atoms with Crippen molar-refractivity contribution in [2.45, 2.75) is 26.8 Å². The van der Waals surface area contributed by atoms with Gasteiger partial charge in [-0.05, 0) is 50.1 Å². The fraction of sp³-hybridized carbons (Fsp3) is 0.235. The van der Waals surface area contributed by atoms with E-state index in [4.69, 9.17) is 16.9 Å². The molecule has 0 aliphatic heterocycles. The molecule has 0 aliphatic rings. The van der Waals surface area contributed by atoms with Crippen molar-refractivity contribution in [1.29, 1.82) is 5.26 Å². The molecule has 0 bridgehead atoms. The van der Waals surface area contributed by atoms with Crippen molar-refractivity contribution in [2.75, 3.05) is 5.32 Å². The van der Waals surface area contributed by atoms with Gasteiger partial charge in [-0.2, -0.15) is 5.26 Å². The maximum Gasteiger partial charge on any atom is 0.101 e. The first-order valence-corrected chi connectivity index (χ1v) is 6.92. The summed E-state index contributed by atoms with van der Waals surface area (Å²) in [6, 6.07) is 13.9. The van der Waals surface area contributed by atoms with Crippen LogP contribution in [0.4, 0.5) is 5.69 Å². The van der Waals surface area contributed by atoms with Gasteiger partial charge in [0.2, 0.25) is 0 Å². The highest BCUT2D eigenvalue weighted by atomic mass is 35.5. The van der Waals surface area contributed by atoms with Crippen molar-refractivity contribution in [3.05, 3.63) is 63.7 Å². The smallest absolute Gasteiger partial charge is 0.101 e. The summed E-state index contributed by atoms with van der Waals surface area (Å²) in [5.74, 6) is 0. The van der Waals surface area contributed by atoms with E-state index in [1.54, 1.807) is 18.2 Å². The largest absolute Gasteiger partial charge is 0.377 e. The topological polar surface area (TPSA) is 35.8 Å². The predicted molar refractivity (Wildman–Crippen MR) is 84.1 cm³/mol. The van der Waals surface area contributed by atoms with E-state index in [0.29, 0.717) is 10.6 Å². The summed E-state index contributed by atoms with van der Waals surface area (Å²) >= 11 is 6.01. The lowest BCUT2D eigenvalue weighted by Gasteiger charge is -2.19. The minimum Gasteiger partial charge on any atom is -0.377 e. The molecule has 1 unspecified atom stereocenters. The zero-order valence-electron chi connectivity index (χ0n) is 11.9. The second kappa shape index (κ2) is 5.98. The van der Waals surface area contributed by atoms with Crippen LogP contribution in [-0.2, 0) is 0 Å². The van der Waals surface area contributed by atoms with Crippen LogP contribution in [0.1, 0.15) is 35.2 Å². The Balaban J connectivity index is 2.30. The summed E-state index contributed by atoms with van der Waals surface area (Å²) < 4.78 is 0. The maximum atomic E-state index is 9.15. The van der Waals surface area contributed by atoms with Crippen LogP contribution in [0.3, 0.4) is 0 Å². The molecule has 3 heteroatoms. The number of aryl methyl sites for hydroxylation is 2. The molecule has 0 fully saturated rings. The van der Waals surface area contributed by atoms with Gasteiger partial charge in [0.15, 0.2) is 0 Å². The molecule has 20 heavy (non-hydrogen) atoms. The van der Waals surface area contributed by atoms with Crippen molar-refractivity contribution in [2.24, 2.45) is 0 Å². The molecule has 0 spiro atoms. The Bertz CT molecular complexity index is 671. The van der Waals surface area contributed by atoms with Gasteiger partial charge in [-0.15, -0.1) is 0 Å². The number of nitrogens with zero attached hydrogens (tertiary/aromatic N) is 1. The first kappa shape index (κ1) is 14.4. The van der Waals surface area contributed by atoms with E-state index >= 15 is 0 Å². The Kier molecular flexibility index (Phi) is 4.32. The Hall–Kier alpha value is -1.98. The second-order valence-electron chi connectivity index (χ2n) is 5.03. The van der Waals surface area contributed by atoms with Crippen LogP contribution in [-0.4, -0.2) is 0 Å². The van der Waals surface area contributed by atoms with Crippen molar-refractivity contribution < 1.29 is 0 Å². The van der Waals surface area contributed by atoms with Gasteiger partial charge >= 0.3 is 0 Å². The molecule has 2 rings (SSSR count). The van der Waals surface area contributed by atoms with Crippen LogP contribution in [0.25, 0.3) is 0 Å². The van der Waals surface area contributed by atoms with E-state index in [9.17, 15) is 0 Å². The number of rotatable bonds is 3. The molecule has 2 aromatic rings. The van der Waals surface area contributed by atoms with Gasteiger partial charge in [0, 0.05) is 11.1 Å². The highest BCUT2D eigenvalue weighted by Crippen LogP contribution is 2.27. The number of hydrogen-bond acceptors (Lipinski definition) is 2. The number of nitrogens with one attached hydrogen (secondary N) is 1. The minimum atomic E-state index is 0.112. The average molecular weight is 285 g/mol. The molecule has 0 heterocycles. The van der Waals surface area contributed by atoms with E-state index in [0.717, 1.165) is 5.69 Å². The number of hydrogen-bond donors (Lipinski definition) is 1. The van der Waals surface area contributed by atoms with Crippen LogP contribution in [0.2, 0.25) is 5.02 Å². The molecule has 0 radical (unpaired) electrons. The highest BCUT2D eigenvalue weighted by Gasteiger charge is 2.11. The van der Waals surface area contributed by atoms with Gasteiger partial charge < -0.3 is 5.32 Å². The molecule has 2 aromatic carbocycles. The molecule has 102 valence electrons. The lowest BCUT2D eigenvalue weighted by molar-refractivity contribution is 0.872. The van der Waals surface area contributed by atoms with Crippen LogP contribution in [0.5, 0.6) is 0 Å². The van der Waals surface area contributed by atoms with E-state index in [-0.39, 0.29) is 6.04 Å². The number of anilines is 1. The second-order valence-corrected chi connectivity index (χ2v) is 5.46. The number of benzene rings is 2. The fourth-order valence-corrected chi connectivity index (χ4v) is 2.53.